The molecule has 1 aromatic carbocycles. The summed E-state index contributed by atoms with van der Waals surface area (Å²) in [6.07, 6.45) is 2.06. The number of hydrogen-bond acceptors (Lipinski definition) is 1. The maximum atomic E-state index is 13.3. The van der Waals surface area contributed by atoms with Crippen molar-refractivity contribution in [3.8, 4) is 0 Å². The molecule has 0 saturated carbocycles. The highest BCUT2D eigenvalue weighted by molar-refractivity contribution is 7.71. The number of halogens is 2. The van der Waals surface area contributed by atoms with E-state index in [1.165, 1.54) is 11.6 Å². The zero-order valence-corrected chi connectivity index (χ0v) is 11.1. The summed E-state index contributed by atoms with van der Waals surface area (Å²) in [5, 5.41) is 0.109. The smallest absolute Gasteiger partial charge is 0.178 e. The van der Waals surface area contributed by atoms with Gasteiger partial charge in [0.05, 0.1) is 16.1 Å². The van der Waals surface area contributed by atoms with Crippen molar-refractivity contribution in [2.24, 2.45) is 0 Å². The van der Waals surface area contributed by atoms with Gasteiger partial charge in [0.15, 0.2) is 4.77 Å². The Morgan fingerprint density at radius 2 is 2.24 bits per heavy atom. The number of aromatic amines is 1. The zero-order chi connectivity index (χ0) is 12.6. The van der Waals surface area contributed by atoms with Gasteiger partial charge in [-0.05, 0) is 32.1 Å². The lowest BCUT2D eigenvalue weighted by atomic mass is 10.3. The van der Waals surface area contributed by atoms with Crippen LogP contribution in [0.25, 0.3) is 11.0 Å². The fourth-order valence-electron chi connectivity index (χ4n) is 1.61. The first-order chi connectivity index (χ1) is 7.99. The molecule has 1 heterocycles. The van der Waals surface area contributed by atoms with Gasteiger partial charge in [0.25, 0.3) is 0 Å². The quantitative estimate of drug-likeness (QED) is 0.631. The maximum absolute atomic E-state index is 13.3. The highest BCUT2D eigenvalue weighted by Crippen LogP contribution is 2.22. The summed E-state index contributed by atoms with van der Waals surface area (Å²) in [4.78, 5) is 2.97. The second kappa shape index (κ2) is 4.63. The molecule has 0 unspecified atom stereocenters. The molecule has 0 saturated heterocycles. The van der Waals surface area contributed by atoms with Crippen LogP contribution in [0.4, 0.5) is 4.39 Å². The van der Waals surface area contributed by atoms with Crippen LogP contribution in [-0.4, -0.2) is 9.55 Å². The number of H-pyrrole nitrogens is 1. The van der Waals surface area contributed by atoms with Crippen LogP contribution in [0.2, 0.25) is 5.02 Å². The van der Waals surface area contributed by atoms with Crippen molar-refractivity contribution in [3.63, 3.8) is 0 Å². The second-order valence-corrected chi connectivity index (χ2v) is 4.90. The van der Waals surface area contributed by atoms with Crippen molar-refractivity contribution in [1.29, 1.82) is 0 Å². The van der Waals surface area contributed by atoms with E-state index >= 15 is 0 Å². The van der Waals surface area contributed by atoms with Crippen molar-refractivity contribution >= 4 is 34.9 Å². The number of nitrogens with zero attached hydrogens (tertiary/aromatic N) is 1. The van der Waals surface area contributed by atoms with Crippen molar-refractivity contribution in [2.75, 3.05) is 0 Å². The van der Waals surface area contributed by atoms with Gasteiger partial charge in [-0.25, -0.2) is 4.39 Å². The minimum absolute atomic E-state index is 0.109. The molecule has 0 aliphatic heterocycles. The maximum Gasteiger partial charge on any atom is 0.178 e. The van der Waals surface area contributed by atoms with Gasteiger partial charge in [0, 0.05) is 12.6 Å². The minimum atomic E-state index is -0.440. The molecule has 0 aliphatic carbocycles. The van der Waals surface area contributed by atoms with E-state index in [2.05, 4.69) is 11.1 Å². The van der Waals surface area contributed by atoms with Crippen LogP contribution >= 0.6 is 23.8 Å². The van der Waals surface area contributed by atoms with E-state index < -0.39 is 5.82 Å². The van der Waals surface area contributed by atoms with Gasteiger partial charge in [0.2, 0.25) is 0 Å². The number of rotatable bonds is 2. The normalized spacial score (nSPS) is 10.8. The van der Waals surface area contributed by atoms with Crippen LogP contribution in [0.5, 0.6) is 0 Å². The van der Waals surface area contributed by atoms with E-state index in [0.29, 0.717) is 16.8 Å². The molecular formula is C12H12ClFN2S. The predicted molar refractivity (Wildman–Crippen MR) is 71.5 cm³/mol. The lowest BCUT2D eigenvalue weighted by Gasteiger charge is -2.01. The zero-order valence-electron chi connectivity index (χ0n) is 9.55. The highest BCUT2D eigenvalue weighted by Gasteiger charge is 2.08. The molecule has 0 bridgehead atoms. The van der Waals surface area contributed by atoms with Crippen LogP contribution in [0.1, 0.15) is 13.8 Å². The molecule has 0 atom stereocenters. The molecule has 0 aliphatic rings. The van der Waals surface area contributed by atoms with E-state index in [1.807, 2.05) is 18.4 Å². The molecule has 0 fully saturated rings. The first-order valence-corrected chi connectivity index (χ1v) is 5.98. The molecule has 2 rings (SSSR count). The fourth-order valence-corrected chi connectivity index (χ4v) is 2.05. The summed E-state index contributed by atoms with van der Waals surface area (Å²) >= 11 is 11.0. The summed E-state index contributed by atoms with van der Waals surface area (Å²) in [6, 6.07) is 2.96. The Labute approximate surface area is 109 Å². The van der Waals surface area contributed by atoms with E-state index in [0.717, 1.165) is 5.52 Å². The molecule has 1 N–H and O–H groups in total. The van der Waals surface area contributed by atoms with E-state index in [9.17, 15) is 4.39 Å². The van der Waals surface area contributed by atoms with Crippen LogP contribution in [0.15, 0.2) is 23.8 Å². The number of nitrogens with one attached hydrogen (secondary N) is 1. The molecule has 1 aromatic heterocycles. The van der Waals surface area contributed by atoms with Gasteiger partial charge in [0.1, 0.15) is 5.82 Å². The Morgan fingerprint density at radius 3 is 2.88 bits per heavy atom. The average Bonchev–Trinajstić information content (AvgIpc) is 2.52. The van der Waals surface area contributed by atoms with Crippen LogP contribution < -0.4 is 0 Å². The largest absolute Gasteiger partial charge is 0.330 e. The third-order valence-electron chi connectivity index (χ3n) is 2.50. The summed E-state index contributed by atoms with van der Waals surface area (Å²) in [7, 11) is 0. The van der Waals surface area contributed by atoms with Gasteiger partial charge in [-0.1, -0.05) is 23.3 Å². The SMILES string of the molecule is CC(C)=CCn1c(=S)[nH]c2cc(F)c(Cl)cc21. The highest BCUT2D eigenvalue weighted by atomic mass is 35.5. The van der Waals surface area contributed by atoms with Crippen molar-refractivity contribution in [2.45, 2.75) is 20.4 Å². The van der Waals surface area contributed by atoms with Crippen LogP contribution in [0, 0.1) is 10.6 Å². The Hall–Kier alpha value is -1.13. The molecule has 17 heavy (non-hydrogen) atoms. The minimum Gasteiger partial charge on any atom is -0.330 e. The number of imidazole rings is 1. The summed E-state index contributed by atoms with van der Waals surface area (Å²) < 4.78 is 15.8. The topological polar surface area (TPSA) is 20.7 Å². The average molecular weight is 271 g/mol. The molecule has 5 heteroatoms. The van der Waals surface area contributed by atoms with Crippen molar-refractivity contribution in [1.82, 2.24) is 9.55 Å². The third kappa shape index (κ3) is 2.42. The number of allylic oxidation sites excluding steroid dienone is 2. The van der Waals surface area contributed by atoms with E-state index in [4.69, 9.17) is 23.8 Å². The molecule has 0 amide bonds. The number of hydrogen-bond donors (Lipinski definition) is 1. The molecule has 2 aromatic rings. The number of fused-ring (bicyclic) bond motifs is 1. The Balaban J connectivity index is 2.63. The van der Waals surface area contributed by atoms with Crippen LogP contribution in [0.3, 0.4) is 0 Å². The molecule has 0 radical (unpaired) electrons. The van der Waals surface area contributed by atoms with Gasteiger partial charge < -0.3 is 9.55 Å². The van der Waals surface area contributed by atoms with Gasteiger partial charge in [-0.3, -0.25) is 0 Å². The van der Waals surface area contributed by atoms with Gasteiger partial charge in [-0.2, -0.15) is 0 Å². The lowest BCUT2D eigenvalue weighted by molar-refractivity contribution is 0.629. The first kappa shape index (κ1) is 12.3. The monoisotopic (exact) mass is 270 g/mol. The molecule has 2 nitrogen and oxygen atoms in total. The Bertz CT molecular complexity index is 650. The molecule has 0 spiro atoms. The Kier molecular flexibility index (Phi) is 3.35. The molecular weight excluding hydrogens is 259 g/mol. The second-order valence-electron chi connectivity index (χ2n) is 4.11. The number of benzene rings is 1. The third-order valence-corrected chi connectivity index (χ3v) is 3.11. The van der Waals surface area contributed by atoms with E-state index in [1.54, 1.807) is 6.07 Å². The van der Waals surface area contributed by atoms with Crippen LogP contribution in [-0.2, 0) is 6.54 Å². The van der Waals surface area contributed by atoms with Crippen molar-refractivity contribution < 1.29 is 4.39 Å². The predicted octanol–water partition coefficient (Wildman–Crippen LogP) is 4.46. The summed E-state index contributed by atoms with van der Waals surface area (Å²) in [5.74, 6) is -0.440. The Morgan fingerprint density at radius 1 is 1.53 bits per heavy atom. The van der Waals surface area contributed by atoms with Gasteiger partial charge >= 0.3 is 0 Å². The summed E-state index contributed by atoms with van der Waals surface area (Å²) in [6.45, 7) is 4.69. The first-order valence-electron chi connectivity index (χ1n) is 5.20. The fraction of sp³-hybridized carbons (Fsp3) is 0.250. The standard InChI is InChI=1S/C12H12ClFN2S/c1-7(2)3-4-16-11-5-8(13)9(14)6-10(11)15-12(16)17/h3,5-6H,4H2,1-2H3,(H,15,17). The van der Waals surface area contributed by atoms with E-state index in [-0.39, 0.29) is 5.02 Å². The lowest BCUT2D eigenvalue weighted by Crippen LogP contribution is -1.95. The summed E-state index contributed by atoms with van der Waals surface area (Å²) in [5.41, 5.74) is 2.69. The van der Waals surface area contributed by atoms with Crippen molar-refractivity contribution in [3.05, 3.63) is 39.4 Å². The molecule has 90 valence electrons. The van der Waals surface area contributed by atoms with Gasteiger partial charge in [-0.15, -0.1) is 0 Å². The number of aromatic nitrogens is 2.